The zero-order valence-electron chi connectivity index (χ0n) is 12.2. The summed E-state index contributed by atoms with van der Waals surface area (Å²) in [5, 5.41) is 12.4. The van der Waals surface area contributed by atoms with Crippen molar-refractivity contribution in [3.8, 4) is 0 Å². The summed E-state index contributed by atoms with van der Waals surface area (Å²) in [6.45, 7) is 0. The molecule has 1 aliphatic carbocycles. The van der Waals surface area contributed by atoms with Crippen LogP contribution >= 0.6 is 0 Å². The molecule has 1 atom stereocenters. The molecule has 6 nitrogen and oxygen atoms in total. The van der Waals surface area contributed by atoms with E-state index < -0.39 is 0 Å². The van der Waals surface area contributed by atoms with E-state index in [1.54, 1.807) is 12.4 Å². The quantitative estimate of drug-likeness (QED) is 0.648. The Morgan fingerprint density at radius 3 is 2.81 bits per heavy atom. The predicted octanol–water partition coefficient (Wildman–Crippen LogP) is 1.93. The summed E-state index contributed by atoms with van der Waals surface area (Å²) in [5.41, 5.74) is 4.92. The van der Waals surface area contributed by atoms with Gasteiger partial charge in [0, 0.05) is 18.8 Å². The van der Waals surface area contributed by atoms with Crippen LogP contribution in [0.3, 0.4) is 0 Å². The minimum atomic E-state index is 0.00945. The molecule has 0 bridgehead atoms. The van der Waals surface area contributed by atoms with Gasteiger partial charge in [-0.3, -0.25) is 16.0 Å². The summed E-state index contributed by atoms with van der Waals surface area (Å²) < 4.78 is 2.13. The molecule has 1 saturated carbocycles. The van der Waals surface area contributed by atoms with Gasteiger partial charge in [-0.1, -0.05) is 19.3 Å². The Morgan fingerprint density at radius 1 is 1.24 bits per heavy atom. The lowest BCUT2D eigenvalue weighted by atomic mass is 9.96. The molecule has 21 heavy (non-hydrogen) atoms. The molecule has 0 amide bonds. The monoisotopic (exact) mass is 286 g/mol. The maximum atomic E-state index is 5.67. The van der Waals surface area contributed by atoms with Gasteiger partial charge in [0.15, 0.2) is 0 Å². The summed E-state index contributed by atoms with van der Waals surface area (Å²) in [6.07, 6.45) is 12.8. The van der Waals surface area contributed by atoms with Crippen molar-refractivity contribution in [3.05, 3.63) is 42.0 Å². The lowest BCUT2D eigenvalue weighted by Gasteiger charge is -2.22. The largest absolute Gasteiger partial charge is 0.271 e. The van der Waals surface area contributed by atoms with Crippen molar-refractivity contribution in [2.45, 2.75) is 50.6 Å². The maximum absolute atomic E-state index is 5.67. The molecule has 3 rings (SSSR count). The Labute approximate surface area is 124 Å². The number of aromatic nitrogens is 4. The van der Waals surface area contributed by atoms with Gasteiger partial charge in [-0.2, -0.15) is 15.3 Å². The molecule has 3 N–H and O–H groups in total. The number of nitrogens with zero attached hydrogens (tertiary/aromatic N) is 4. The second kappa shape index (κ2) is 6.78. The van der Waals surface area contributed by atoms with Crippen molar-refractivity contribution in [2.75, 3.05) is 0 Å². The van der Waals surface area contributed by atoms with Crippen LogP contribution in [0.25, 0.3) is 0 Å². The first-order chi connectivity index (χ1) is 10.4. The van der Waals surface area contributed by atoms with Crippen LogP contribution < -0.4 is 11.3 Å². The fourth-order valence-corrected chi connectivity index (χ4v) is 3.02. The van der Waals surface area contributed by atoms with E-state index in [4.69, 9.17) is 10.9 Å². The van der Waals surface area contributed by atoms with Gasteiger partial charge in [0.2, 0.25) is 0 Å². The third-order valence-corrected chi connectivity index (χ3v) is 4.24. The summed E-state index contributed by atoms with van der Waals surface area (Å²) in [7, 11) is 0. The second-order valence-electron chi connectivity index (χ2n) is 5.68. The zero-order chi connectivity index (χ0) is 14.5. The van der Waals surface area contributed by atoms with Crippen molar-refractivity contribution in [1.82, 2.24) is 25.4 Å². The molecule has 6 heteroatoms. The summed E-state index contributed by atoms with van der Waals surface area (Å²) in [4.78, 5) is 0. The molecule has 0 aliphatic heterocycles. The van der Waals surface area contributed by atoms with E-state index in [1.165, 1.54) is 32.1 Å². The normalized spacial score (nSPS) is 17.8. The Balaban J connectivity index is 1.68. The minimum absolute atomic E-state index is 0.00945. The summed E-state index contributed by atoms with van der Waals surface area (Å²) >= 11 is 0. The SMILES string of the molecule is NNC(Cc1ccn(C2CCCCC2)n1)c1ccnnc1. The first-order valence-electron chi connectivity index (χ1n) is 7.63. The first-order valence-corrected chi connectivity index (χ1v) is 7.63. The molecule has 0 aromatic carbocycles. The van der Waals surface area contributed by atoms with Gasteiger partial charge < -0.3 is 0 Å². The molecule has 0 spiro atoms. The Kier molecular flexibility index (Phi) is 4.57. The van der Waals surface area contributed by atoms with Gasteiger partial charge in [0.1, 0.15) is 0 Å². The van der Waals surface area contributed by atoms with Crippen molar-refractivity contribution < 1.29 is 0 Å². The number of nitrogens with one attached hydrogen (secondary N) is 1. The van der Waals surface area contributed by atoms with E-state index in [9.17, 15) is 0 Å². The Bertz CT molecular complexity index is 546. The van der Waals surface area contributed by atoms with Crippen LogP contribution in [-0.4, -0.2) is 20.0 Å². The third kappa shape index (κ3) is 3.46. The molecule has 0 radical (unpaired) electrons. The Morgan fingerprint density at radius 2 is 2.10 bits per heavy atom. The summed E-state index contributed by atoms with van der Waals surface area (Å²) in [5.74, 6) is 5.67. The first kappa shape index (κ1) is 14.2. The zero-order valence-corrected chi connectivity index (χ0v) is 12.2. The van der Waals surface area contributed by atoms with Crippen molar-refractivity contribution in [1.29, 1.82) is 0 Å². The summed E-state index contributed by atoms with van der Waals surface area (Å²) in [6, 6.07) is 4.60. The highest BCUT2D eigenvalue weighted by Crippen LogP contribution is 2.27. The van der Waals surface area contributed by atoms with Crippen LogP contribution in [0.5, 0.6) is 0 Å². The van der Waals surface area contributed by atoms with E-state index >= 15 is 0 Å². The molecule has 0 saturated heterocycles. The van der Waals surface area contributed by atoms with E-state index in [2.05, 4.69) is 32.6 Å². The van der Waals surface area contributed by atoms with Gasteiger partial charge in [0.25, 0.3) is 0 Å². The van der Waals surface area contributed by atoms with Crippen LogP contribution in [0, 0.1) is 0 Å². The van der Waals surface area contributed by atoms with Crippen LogP contribution in [0.1, 0.15) is 55.4 Å². The molecule has 2 heterocycles. The average Bonchev–Trinajstić information content (AvgIpc) is 3.03. The maximum Gasteiger partial charge on any atom is 0.0644 e. The molecule has 1 aliphatic rings. The highest BCUT2D eigenvalue weighted by atomic mass is 15.3. The van der Waals surface area contributed by atoms with Gasteiger partial charge in [-0.15, -0.1) is 0 Å². The number of hydrogen-bond donors (Lipinski definition) is 2. The van der Waals surface area contributed by atoms with E-state index in [-0.39, 0.29) is 6.04 Å². The van der Waals surface area contributed by atoms with E-state index in [1.807, 2.05) is 6.07 Å². The fraction of sp³-hybridized carbons (Fsp3) is 0.533. The predicted molar refractivity (Wildman–Crippen MR) is 80.1 cm³/mol. The van der Waals surface area contributed by atoms with Gasteiger partial charge in [0.05, 0.1) is 24.0 Å². The molecule has 1 unspecified atom stereocenters. The molecule has 1 fully saturated rings. The van der Waals surface area contributed by atoms with Crippen molar-refractivity contribution in [3.63, 3.8) is 0 Å². The standard InChI is InChI=1S/C15H22N6/c16-19-15(12-6-8-17-18-11-12)10-13-7-9-21(20-13)14-4-2-1-3-5-14/h6-9,11,14-15,19H,1-5,10,16H2. The topological polar surface area (TPSA) is 81.6 Å². The molecular formula is C15H22N6. The highest BCUT2D eigenvalue weighted by molar-refractivity contribution is 5.15. The van der Waals surface area contributed by atoms with Gasteiger partial charge in [-0.05, 0) is 30.5 Å². The number of nitrogens with two attached hydrogens (primary N) is 1. The number of rotatable bonds is 5. The number of hydrazine groups is 1. The fourth-order valence-electron chi connectivity index (χ4n) is 3.02. The Hall–Kier alpha value is -1.79. The van der Waals surface area contributed by atoms with E-state index in [0.29, 0.717) is 6.04 Å². The van der Waals surface area contributed by atoms with Crippen molar-refractivity contribution >= 4 is 0 Å². The van der Waals surface area contributed by atoms with Gasteiger partial charge in [-0.25, -0.2) is 0 Å². The van der Waals surface area contributed by atoms with Crippen LogP contribution in [0.15, 0.2) is 30.7 Å². The van der Waals surface area contributed by atoms with Gasteiger partial charge >= 0.3 is 0 Å². The van der Waals surface area contributed by atoms with Crippen LogP contribution in [0.4, 0.5) is 0 Å². The van der Waals surface area contributed by atoms with E-state index in [0.717, 1.165) is 17.7 Å². The highest BCUT2D eigenvalue weighted by Gasteiger charge is 2.17. The molecule has 2 aromatic rings. The third-order valence-electron chi connectivity index (χ3n) is 4.24. The smallest absolute Gasteiger partial charge is 0.0644 e. The van der Waals surface area contributed by atoms with Crippen molar-refractivity contribution in [2.24, 2.45) is 5.84 Å². The van der Waals surface area contributed by atoms with Crippen LogP contribution in [0.2, 0.25) is 0 Å². The minimum Gasteiger partial charge on any atom is -0.271 e. The molecule has 2 aromatic heterocycles. The number of hydrogen-bond acceptors (Lipinski definition) is 5. The lowest BCUT2D eigenvalue weighted by Crippen LogP contribution is -2.30. The second-order valence-corrected chi connectivity index (χ2v) is 5.68. The molecular weight excluding hydrogens is 264 g/mol. The average molecular weight is 286 g/mol. The van der Waals surface area contributed by atoms with Crippen LogP contribution in [-0.2, 0) is 6.42 Å². The lowest BCUT2D eigenvalue weighted by molar-refractivity contribution is 0.327. The molecule has 112 valence electrons.